The average Bonchev–Trinajstić information content (AvgIpc) is 2.04. The zero-order valence-corrected chi connectivity index (χ0v) is 7.83. The molecule has 0 aliphatic rings. The molecule has 0 radical (unpaired) electrons. The molecule has 0 aromatic rings. The fourth-order valence-electron chi connectivity index (χ4n) is 0.0996. The van der Waals surface area contributed by atoms with E-state index in [9.17, 15) is 9.59 Å². The number of ether oxygens (including phenoxy) is 1. The summed E-state index contributed by atoms with van der Waals surface area (Å²) >= 11 is 0. The molecule has 0 unspecified atom stereocenters. The lowest BCUT2D eigenvalue weighted by atomic mass is 10.6. The Morgan fingerprint density at radius 1 is 1.42 bits per heavy atom. The molecule has 0 aromatic carbocycles. The van der Waals surface area contributed by atoms with Crippen LogP contribution in [0.15, 0.2) is 0 Å². The molecule has 0 spiro atoms. The third kappa shape index (κ3) is 11.7. The second kappa shape index (κ2) is 8.00. The van der Waals surface area contributed by atoms with Crippen molar-refractivity contribution in [2.75, 3.05) is 20.9 Å². The summed E-state index contributed by atoms with van der Waals surface area (Å²) in [5.74, 6) is -0.368. The Hall–Kier alpha value is -1.10. The minimum Gasteiger partial charge on any atom is -0.469 e. The van der Waals surface area contributed by atoms with Gasteiger partial charge in [-0.1, -0.05) is 0 Å². The van der Waals surface area contributed by atoms with Crippen molar-refractivity contribution in [3.8, 4) is 0 Å². The predicted octanol–water partition coefficient (Wildman–Crippen LogP) is -0.406. The van der Waals surface area contributed by atoms with Gasteiger partial charge in [0.15, 0.2) is 0 Å². The standard InChI is InChI=1S/C4H9NO2.C3H6O2/c1-4(7)5(2)3-6;1-3(4)5-2/h6H,3H2,1-2H3;1-2H3. The van der Waals surface area contributed by atoms with Crippen molar-refractivity contribution >= 4 is 11.9 Å². The van der Waals surface area contributed by atoms with Gasteiger partial charge in [-0.15, -0.1) is 0 Å². The lowest BCUT2D eigenvalue weighted by molar-refractivity contribution is -0.138. The van der Waals surface area contributed by atoms with E-state index < -0.39 is 0 Å². The highest BCUT2D eigenvalue weighted by atomic mass is 16.5. The van der Waals surface area contributed by atoms with Crippen molar-refractivity contribution in [1.29, 1.82) is 0 Å². The highest BCUT2D eigenvalue weighted by molar-refractivity contribution is 5.72. The van der Waals surface area contributed by atoms with E-state index in [1.807, 2.05) is 0 Å². The number of rotatable bonds is 1. The molecule has 0 bridgehead atoms. The van der Waals surface area contributed by atoms with Crippen LogP contribution < -0.4 is 0 Å². The Morgan fingerprint density at radius 2 is 1.75 bits per heavy atom. The van der Waals surface area contributed by atoms with Crippen LogP contribution in [0.1, 0.15) is 13.8 Å². The van der Waals surface area contributed by atoms with E-state index in [0.717, 1.165) is 0 Å². The molecular weight excluding hydrogens is 162 g/mol. The Kier molecular flexibility index (Phi) is 8.99. The molecule has 0 rings (SSSR count). The molecular formula is C7H15NO4. The second-order valence-electron chi connectivity index (χ2n) is 2.05. The summed E-state index contributed by atoms with van der Waals surface area (Å²) in [5.41, 5.74) is 0. The fraction of sp³-hybridized carbons (Fsp3) is 0.714. The van der Waals surface area contributed by atoms with Gasteiger partial charge in [0, 0.05) is 20.9 Å². The van der Waals surface area contributed by atoms with Crippen molar-refractivity contribution < 1.29 is 19.4 Å². The first kappa shape index (κ1) is 13.5. The van der Waals surface area contributed by atoms with E-state index in [2.05, 4.69) is 4.74 Å². The van der Waals surface area contributed by atoms with Gasteiger partial charge < -0.3 is 14.7 Å². The molecule has 1 N–H and O–H groups in total. The average molecular weight is 177 g/mol. The maximum atomic E-state index is 10.1. The lowest BCUT2D eigenvalue weighted by Crippen LogP contribution is -2.24. The summed E-state index contributed by atoms with van der Waals surface area (Å²) < 4.78 is 4.11. The van der Waals surface area contributed by atoms with E-state index in [1.165, 1.54) is 32.9 Å². The topological polar surface area (TPSA) is 66.8 Å². The molecule has 0 heterocycles. The summed E-state index contributed by atoms with van der Waals surface area (Å²) in [6.07, 6.45) is 0. The zero-order valence-electron chi connectivity index (χ0n) is 7.83. The van der Waals surface area contributed by atoms with Crippen LogP contribution in [0.4, 0.5) is 0 Å². The molecule has 12 heavy (non-hydrogen) atoms. The van der Waals surface area contributed by atoms with Crippen molar-refractivity contribution in [3.63, 3.8) is 0 Å². The minimum absolute atomic E-state index is 0.123. The zero-order chi connectivity index (χ0) is 10.1. The maximum absolute atomic E-state index is 10.1. The third-order valence-electron chi connectivity index (χ3n) is 1.04. The normalized spacial score (nSPS) is 7.75. The molecule has 0 aromatic heterocycles. The van der Waals surface area contributed by atoms with Crippen LogP contribution in [0.5, 0.6) is 0 Å². The SMILES string of the molecule is CC(=O)N(C)CO.COC(C)=O. The molecule has 0 saturated carbocycles. The number of methoxy groups -OCH3 is 1. The number of nitrogens with zero attached hydrogens (tertiary/aromatic N) is 1. The van der Waals surface area contributed by atoms with Crippen LogP contribution in [0.3, 0.4) is 0 Å². The van der Waals surface area contributed by atoms with Gasteiger partial charge in [-0.25, -0.2) is 0 Å². The number of hydrogen-bond donors (Lipinski definition) is 1. The van der Waals surface area contributed by atoms with Gasteiger partial charge in [-0.3, -0.25) is 9.59 Å². The van der Waals surface area contributed by atoms with Crippen LogP contribution in [0, 0.1) is 0 Å². The molecule has 72 valence electrons. The van der Waals surface area contributed by atoms with Gasteiger partial charge in [0.2, 0.25) is 5.91 Å². The van der Waals surface area contributed by atoms with Crippen LogP contribution in [0.25, 0.3) is 0 Å². The molecule has 5 nitrogen and oxygen atoms in total. The number of aliphatic hydroxyl groups excluding tert-OH is 1. The van der Waals surface area contributed by atoms with Crippen LogP contribution in [-0.2, 0) is 14.3 Å². The molecule has 0 aliphatic carbocycles. The van der Waals surface area contributed by atoms with Gasteiger partial charge in [-0.2, -0.15) is 0 Å². The highest BCUT2D eigenvalue weighted by Crippen LogP contribution is 1.75. The van der Waals surface area contributed by atoms with Crippen molar-refractivity contribution in [2.24, 2.45) is 0 Å². The Bertz CT molecular complexity index is 146. The summed E-state index contributed by atoms with van der Waals surface area (Å²) in [5, 5.41) is 8.21. The van der Waals surface area contributed by atoms with Gasteiger partial charge in [0.1, 0.15) is 6.73 Å². The van der Waals surface area contributed by atoms with Crippen LogP contribution in [0.2, 0.25) is 0 Å². The molecule has 0 atom stereocenters. The number of carbonyl (C=O) groups excluding carboxylic acids is 2. The van der Waals surface area contributed by atoms with Crippen LogP contribution >= 0.6 is 0 Å². The largest absolute Gasteiger partial charge is 0.469 e. The molecule has 1 amide bonds. The Morgan fingerprint density at radius 3 is 1.75 bits per heavy atom. The Balaban J connectivity index is 0. The minimum atomic E-state index is -0.245. The van der Waals surface area contributed by atoms with E-state index in [-0.39, 0.29) is 18.6 Å². The summed E-state index contributed by atoms with van der Waals surface area (Å²) in [6, 6.07) is 0. The van der Waals surface area contributed by atoms with E-state index in [0.29, 0.717) is 0 Å². The summed E-state index contributed by atoms with van der Waals surface area (Å²) in [4.78, 5) is 20.9. The molecule has 0 saturated heterocycles. The van der Waals surface area contributed by atoms with E-state index >= 15 is 0 Å². The monoisotopic (exact) mass is 177 g/mol. The smallest absolute Gasteiger partial charge is 0.302 e. The predicted molar refractivity (Wildman–Crippen MR) is 43.2 cm³/mol. The maximum Gasteiger partial charge on any atom is 0.302 e. The number of amides is 1. The van der Waals surface area contributed by atoms with E-state index in [1.54, 1.807) is 0 Å². The van der Waals surface area contributed by atoms with Gasteiger partial charge in [-0.05, 0) is 0 Å². The van der Waals surface area contributed by atoms with Crippen molar-refractivity contribution in [1.82, 2.24) is 4.90 Å². The van der Waals surface area contributed by atoms with Crippen molar-refractivity contribution in [3.05, 3.63) is 0 Å². The molecule has 5 heteroatoms. The van der Waals surface area contributed by atoms with Gasteiger partial charge in [0.05, 0.1) is 7.11 Å². The number of aliphatic hydroxyl groups is 1. The number of hydrogen-bond acceptors (Lipinski definition) is 4. The number of esters is 1. The Labute approximate surface area is 71.9 Å². The summed E-state index contributed by atoms with van der Waals surface area (Å²) in [7, 11) is 2.88. The second-order valence-corrected chi connectivity index (χ2v) is 2.05. The highest BCUT2D eigenvalue weighted by Gasteiger charge is 1.94. The first-order chi connectivity index (χ1) is 5.45. The van der Waals surface area contributed by atoms with Gasteiger partial charge in [0.25, 0.3) is 0 Å². The summed E-state index contributed by atoms with van der Waals surface area (Å²) in [6.45, 7) is 2.56. The molecule has 0 aliphatic heterocycles. The fourth-order valence-corrected chi connectivity index (χ4v) is 0.0996. The van der Waals surface area contributed by atoms with Crippen molar-refractivity contribution in [2.45, 2.75) is 13.8 Å². The lowest BCUT2D eigenvalue weighted by Gasteiger charge is -2.07. The third-order valence-corrected chi connectivity index (χ3v) is 1.04. The number of carbonyl (C=O) groups is 2. The van der Waals surface area contributed by atoms with Gasteiger partial charge >= 0.3 is 5.97 Å². The van der Waals surface area contributed by atoms with Crippen LogP contribution in [-0.4, -0.2) is 42.8 Å². The van der Waals surface area contributed by atoms with E-state index in [4.69, 9.17) is 5.11 Å². The first-order valence-electron chi connectivity index (χ1n) is 3.32. The first-order valence-corrected chi connectivity index (χ1v) is 3.32. The quantitative estimate of drug-likeness (QED) is 0.437. The molecule has 0 fully saturated rings.